The van der Waals surface area contributed by atoms with Gasteiger partial charge in [-0.25, -0.2) is 0 Å². The molecule has 6 heteroatoms. The van der Waals surface area contributed by atoms with E-state index in [-0.39, 0.29) is 53.6 Å². The van der Waals surface area contributed by atoms with Crippen molar-refractivity contribution in [2.24, 2.45) is 11.8 Å². The van der Waals surface area contributed by atoms with Crippen LogP contribution >= 0.6 is 0 Å². The van der Waals surface area contributed by atoms with Crippen molar-refractivity contribution in [1.82, 2.24) is 5.32 Å². The molecule has 6 nitrogen and oxygen atoms in total. The summed E-state index contributed by atoms with van der Waals surface area (Å²) in [5, 5.41) is 32.6. The van der Waals surface area contributed by atoms with Gasteiger partial charge in [-0.15, -0.1) is 0 Å². The number of unbranched alkanes of at least 4 members (excludes halogenated alkanes) is 3. The lowest BCUT2D eigenvalue weighted by molar-refractivity contribution is -0.128. The Kier molecular flexibility index (Phi) is 8.56. The van der Waals surface area contributed by atoms with Gasteiger partial charge in [0, 0.05) is 23.9 Å². The van der Waals surface area contributed by atoms with E-state index in [2.05, 4.69) is 46.0 Å². The first-order valence-corrected chi connectivity index (χ1v) is 13.1. The molecule has 1 saturated carbocycles. The number of hydrogen-bond donors (Lipinski definition) is 4. The molecule has 4 atom stereocenters. The predicted molar refractivity (Wildman–Crippen MR) is 134 cm³/mol. The fourth-order valence-corrected chi connectivity index (χ4v) is 5.94. The Labute approximate surface area is 205 Å². The predicted octanol–water partition coefficient (Wildman–Crippen LogP) is 4.78. The highest BCUT2D eigenvalue weighted by molar-refractivity contribution is 5.79. The molecule has 1 fully saturated rings. The number of carbonyl (C=O) groups excluding carboxylic acids is 1. The summed E-state index contributed by atoms with van der Waals surface area (Å²) in [6.45, 7) is 10.6. The number of hydrogen-bond acceptors (Lipinski definition) is 5. The summed E-state index contributed by atoms with van der Waals surface area (Å²) < 4.78 is 6.52. The molecule has 0 aromatic heterocycles. The molecule has 2 aliphatic rings. The van der Waals surface area contributed by atoms with Gasteiger partial charge < -0.3 is 25.4 Å². The van der Waals surface area contributed by atoms with E-state index >= 15 is 0 Å². The third-order valence-electron chi connectivity index (χ3n) is 8.14. The number of ether oxygens (including phenoxy) is 1. The molecule has 1 unspecified atom stereocenters. The average Bonchev–Trinajstić information content (AvgIpc) is 2.78. The molecule has 34 heavy (non-hydrogen) atoms. The van der Waals surface area contributed by atoms with Crippen LogP contribution in [0.3, 0.4) is 0 Å². The number of nitrogens with one attached hydrogen (secondary N) is 1. The first-order chi connectivity index (χ1) is 16.0. The molecular weight excluding hydrogens is 430 g/mol. The van der Waals surface area contributed by atoms with Gasteiger partial charge >= 0.3 is 0 Å². The Morgan fingerprint density at radius 2 is 1.97 bits per heavy atom. The van der Waals surface area contributed by atoms with Crippen LogP contribution in [0.15, 0.2) is 12.1 Å². The van der Waals surface area contributed by atoms with Gasteiger partial charge in [0.1, 0.15) is 17.1 Å². The van der Waals surface area contributed by atoms with E-state index in [0.717, 1.165) is 42.6 Å². The van der Waals surface area contributed by atoms with Crippen LogP contribution in [0.25, 0.3) is 0 Å². The van der Waals surface area contributed by atoms with Crippen LogP contribution in [0.5, 0.6) is 11.5 Å². The summed E-state index contributed by atoms with van der Waals surface area (Å²) in [7, 11) is 0. The summed E-state index contributed by atoms with van der Waals surface area (Å²) in [4.78, 5) is 12.8. The molecule has 1 aromatic rings. The van der Waals surface area contributed by atoms with Gasteiger partial charge in [0.05, 0.1) is 12.7 Å². The number of carbonyl (C=O) groups is 1. The topological polar surface area (TPSA) is 99.0 Å². The maximum atomic E-state index is 12.8. The molecule has 0 saturated heterocycles. The van der Waals surface area contributed by atoms with E-state index in [1.807, 2.05) is 6.07 Å². The second kappa shape index (κ2) is 10.9. The van der Waals surface area contributed by atoms with Crippen molar-refractivity contribution < 1.29 is 24.9 Å². The van der Waals surface area contributed by atoms with Gasteiger partial charge in [-0.1, -0.05) is 46.5 Å². The van der Waals surface area contributed by atoms with Crippen molar-refractivity contribution in [2.45, 2.75) is 109 Å². The van der Waals surface area contributed by atoms with Crippen LogP contribution in [-0.4, -0.2) is 46.1 Å². The van der Waals surface area contributed by atoms with Crippen LogP contribution in [-0.2, 0) is 10.2 Å². The number of amides is 1. The van der Waals surface area contributed by atoms with Gasteiger partial charge in [-0.2, -0.15) is 0 Å². The molecular formula is C28H45NO5. The molecule has 192 valence electrons. The van der Waals surface area contributed by atoms with Gasteiger partial charge in [0.15, 0.2) is 0 Å². The lowest BCUT2D eigenvalue weighted by Crippen LogP contribution is -2.49. The van der Waals surface area contributed by atoms with Crippen LogP contribution in [0.1, 0.15) is 103 Å². The van der Waals surface area contributed by atoms with Crippen LogP contribution < -0.4 is 10.1 Å². The second-order valence-electron chi connectivity index (χ2n) is 11.6. The minimum absolute atomic E-state index is 0.0349. The zero-order chi connectivity index (χ0) is 25.1. The maximum Gasteiger partial charge on any atom is 0.223 e. The van der Waals surface area contributed by atoms with Crippen molar-refractivity contribution in [2.75, 3.05) is 13.2 Å². The van der Waals surface area contributed by atoms with E-state index in [4.69, 9.17) is 9.84 Å². The Morgan fingerprint density at radius 3 is 2.65 bits per heavy atom. The van der Waals surface area contributed by atoms with Gasteiger partial charge in [0.25, 0.3) is 0 Å². The second-order valence-corrected chi connectivity index (χ2v) is 11.6. The first-order valence-electron chi connectivity index (χ1n) is 13.1. The number of aliphatic hydroxyl groups is 2. The van der Waals surface area contributed by atoms with Crippen molar-refractivity contribution in [3.63, 3.8) is 0 Å². The van der Waals surface area contributed by atoms with Crippen LogP contribution in [0.4, 0.5) is 0 Å². The van der Waals surface area contributed by atoms with Gasteiger partial charge in [-0.3, -0.25) is 4.79 Å². The number of phenolic OH excluding ortho intramolecular Hbond substituents is 1. The highest BCUT2D eigenvalue weighted by atomic mass is 16.5. The van der Waals surface area contributed by atoms with E-state index in [9.17, 15) is 15.0 Å². The van der Waals surface area contributed by atoms with Gasteiger partial charge in [0.2, 0.25) is 5.91 Å². The SMILES string of the molecule is CCCCCCC(C)(C)c1cc(O)c2c(c1)OC(C)(C)[C@@H]1CC[C@@H](C(=O)NCC(O)CO)C[C@@H]21. The number of aromatic hydroxyl groups is 1. The number of benzene rings is 1. The minimum Gasteiger partial charge on any atom is -0.508 e. The number of aliphatic hydroxyl groups excluding tert-OH is 2. The third kappa shape index (κ3) is 5.88. The number of fused-ring (bicyclic) bond motifs is 3. The average molecular weight is 476 g/mol. The number of rotatable bonds is 10. The summed E-state index contributed by atoms with van der Waals surface area (Å²) in [6.07, 6.45) is 7.18. The molecule has 1 aliphatic heterocycles. The fourth-order valence-electron chi connectivity index (χ4n) is 5.94. The summed E-state index contributed by atoms with van der Waals surface area (Å²) >= 11 is 0. The Bertz CT molecular complexity index is 849. The highest BCUT2D eigenvalue weighted by Gasteiger charge is 2.49. The van der Waals surface area contributed by atoms with Crippen LogP contribution in [0.2, 0.25) is 0 Å². The molecule has 0 radical (unpaired) electrons. The minimum atomic E-state index is -0.948. The van der Waals surface area contributed by atoms with E-state index in [1.165, 1.54) is 19.3 Å². The smallest absolute Gasteiger partial charge is 0.223 e. The maximum absolute atomic E-state index is 12.8. The molecule has 3 rings (SSSR count). The van der Waals surface area contributed by atoms with Crippen molar-refractivity contribution in [3.8, 4) is 11.5 Å². The van der Waals surface area contributed by atoms with E-state index < -0.39 is 6.10 Å². The Hall–Kier alpha value is -1.79. The summed E-state index contributed by atoms with van der Waals surface area (Å²) in [5.74, 6) is 0.985. The molecule has 0 bridgehead atoms. The zero-order valence-corrected chi connectivity index (χ0v) is 21.7. The van der Waals surface area contributed by atoms with Crippen molar-refractivity contribution >= 4 is 5.91 Å². The molecule has 1 aliphatic carbocycles. The molecule has 1 aromatic carbocycles. The summed E-state index contributed by atoms with van der Waals surface area (Å²) in [5.41, 5.74) is 1.48. The standard InChI is InChI=1S/C28H45NO5/c1-6-7-8-9-12-27(2,3)19-14-23(32)25-21-13-18(26(33)29-16-20(31)17-30)10-11-22(21)28(4,5)34-24(25)15-19/h14-15,18,20-22,30-32H,6-13,16-17H2,1-5H3,(H,29,33)/t18-,20?,21-,22-/m1/s1. The molecule has 0 spiro atoms. The van der Waals surface area contributed by atoms with Crippen LogP contribution in [0, 0.1) is 11.8 Å². The molecule has 4 N–H and O–H groups in total. The lowest BCUT2D eigenvalue weighted by Gasteiger charge is -2.49. The van der Waals surface area contributed by atoms with Gasteiger partial charge in [-0.05, 0) is 68.6 Å². The third-order valence-corrected chi connectivity index (χ3v) is 8.14. The normalized spacial score (nSPS) is 24.5. The Morgan fingerprint density at radius 1 is 1.24 bits per heavy atom. The quantitative estimate of drug-likeness (QED) is 0.365. The summed E-state index contributed by atoms with van der Waals surface area (Å²) in [6, 6.07) is 4.03. The van der Waals surface area contributed by atoms with E-state index in [1.54, 1.807) is 0 Å². The Balaban J connectivity index is 1.84. The van der Waals surface area contributed by atoms with E-state index in [0.29, 0.717) is 6.42 Å². The molecule has 1 heterocycles. The fraction of sp³-hybridized carbons (Fsp3) is 0.750. The lowest BCUT2D eigenvalue weighted by atomic mass is 9.63. The number of phenols is 1. The largest absolute Gasteiger partial charge is 0.508 e. The molecule has 1 amide bonds. The zero-order valence-electron chi connectivity index (χ0n) is 21.7. The first kappa shape index (κ1) is 26.8. The highest BCUT2D eigenvalue weighted by Crippen LogP contribution is 2.56. The van der Waals surface area contributed by atoms with Crippen molar-refractivity contribution in [3.05, 3.63) is 23.3 Å². The monoisotopic (exact) mass is 475 g/mol. The van der Waals surface area contributed by atoms with Crippen molar-refractivity contribution in [1.29, 1.82) is 0 Å².